The van der Waals surface area contributed by atoms with E-state index in [1.807, 2.05) is 6.92 Å². The second-order valence-electron chi connectivity index (χ2n) is 3.54. The molecular formula is C12H17NS. The summed E-state index contributed by atoms with van der Waals surface area (Å²) >= 11 is 1.81. The van der Waals surface area contributed by atoms with Gasteiger partial charge in [-0.25, -0.2) is 0 Å². The minimum Gasteiger partial charge on any atom is -0.298 e. The van der Waals surface area contributed by atoms with Crippen LogP contribution in [0.15, 0.2) is 17.5 Å². The van der Waals surface area contributed by atoms with Gasteiger partial charge in [0.25, 0.3) is 0 Å². The molecule has 0 saturated carbocycles. The zero-order valence-corrected chi connectivity index (χ0v) is 9.82. The molecule has 1 N–H and O–H groups in total. The average molecular weight is 207 g/mol. The molecule has 0 bridgehead atoms. The Morgan fingerprint density at radius 2 is 2.29 bits per heavy atom. The van der Waals surface area contributed by atoms with E-state index in [-0.39, 0.29) is 0 Å². The van der Waals surface area contributed by atoms with Gasteiger partial charge < -0.3 is 0 Å². The first-order chi connectivity index (χ1) is 6.75. The lowest BCUT2D eigenvalue weighted by molar-refractivity contribution is 0.437. The largest absolute Gasteiger partial charge is 0.298 e. The third-order valence-corrected chi connectivity index (χ3v) is 3.06. The second-order valence-corrected chi connectivity index (χ2v) is 4.52. The molecule has 0 aliphatic carbocycles. The monoisotopic (exact) mass is 207 g/mol. The molecule has 0 saturated heterocycles. The van der Waals surface area contributed by atoms with Gasteiger partial charge in [0.1, 0.15) is 0 Å². The van der Waals surface area contributed by atoms with Gasteiger partial charge in [-0.3, -0.25) is 5.32 Å². The summed E-state index contributed by atoms with van der Waals surface area (Å²) < 4.78 is 0. The summed E-state index contributed by atoms with van der Waals surface area (Å²) in [6.07, 6.45) is 0. The van der Waals surface area contributed by atoms with Crippen LogP contribution in [0.25, 0.3) is 0 Å². The van der Waals surface area contributed by atoms with E-state index >= 15 is 0 Å². The predicted octanol–water partition coefficient (Wildman–Crippen LogP) is 3.06. The third-order valence-electron chi connectivity index (χ3n) is 2.10. The van der Waals surface area contributed by atoms with Crippen molar-refractivity contribution in [2.75, 3.05) is 6.54 Å². The van der Waals surface area contributed by atoms with E-state index in [9.17, 15) is 0 Å². The maximum Gasteiger partial charge on any atom is 0.0581 e. The van der Waals surface area contributed by atoms with E-state index in [0.717, 1.165) is 6.54 Å². The third kappa shape index (κ3) is 3.17. The van der Waals surface area contributed by atoms with Crippen molar-refractivity contribution in [3.63, 3.8) is 0 Å². The van der Waals surface area contributed by atoms with E-state index in [0.29, 0.717) is 12.0 Å². The normalized spacial score (nSPS) is 12.3. The van der Waals surface area contributed by atoms with Crippen molar-refractivity contribution in [1.29, 1.82) is 0 Å². The van der Waals surface area contributed by atoms with Crippen molar-refractivity contribution >= 4 is 11.3 Å². The maximum atomic E-state index is 3.46. The number of thiophene rings is 1. The first-order valence-electron chi connectivity index (χ1n) is 4.92. The van der Waals surface area contributed by atoms with E-state index < -0.39 is 0 Å². The fourth-order valence-corrected chi connectivity index (χ4v) is 2.36. The highest BCUT2D eigenvalue weighted by Gasteiger charge is 2.14. The lowest BCUT2D eigenvalue weighted by Crippen LogP contribution is -2.25. The molecule has 2 heteroatoms. The summed E-state index contributed by atoms with van der Waals surface area (Å²) in [6.45, 7) is 7.11. The van der Waals surface area contributed by atoms with Crippen LogP contribution in [-0.4, -0.2) is 6.54 Å². The fraction of sp³-hybridized carbons (Fsp3) is 0.500. The number of hydrogen-bond acceptors (Lipinski definition) is 2. The van der Waals surface area contributed by atoms with Crippen molar-refractivity contribution in [3.05, 3.63) is 22.4 Å². The molecule has 1 rings (SSSR count). The predicted molar refractivity (Wildman–Crippen MR) is 63.4 cm³/mol. The summed E-state index contributed by atoms with van der Waals surface area (Å²) in [7, 11) is 0. The van der Waals surface area contributed by atoms with Gasteiger partial charge in [0.05, 0.1) is 6.54 Å². The number of nitrogens with one attached hydrogen (secondary N) is 1. The van der Waals surface area contributed by atoms with Gasteiger partial charge in [-0.1, -0.05) is 25.8 Å². The van der Waals surface area contributed by atoms with Gasteiger partial charge >= 0.3 is 0 Å². The summed E-state index contributed by atoms with van der Waals surface area (Å²) in [5.74, 6) is 6.54. The number of rotatable bonds is 4. The highest BCUT2D eigenvalue weighted by atomic mass is 32.1. The van der Waals surface area contributed by atoms with Crippen LogP contribution in [0.1, 0.15) is 31.7 Å². The molecule has 0 aromatic carbocycles. The Labute approximate surface area is 90.5 Å². The molecule has 0 spiro atoms. The molecule has 1 atom stereocenters. The van der Waals surface area contributed by atoms with Crippen molar-refractivity contribution in [1.82, 2.24) is 5.32 Å². The Bertz CT molecular complexity index is 303. The second kappa shape index (κ2) is 5.85. The first kappa shape index (κ1) is 11.3. The first-order valence-corrected chi connectivity index (χ1v) is 5.80. The van der Waals surface area contributed by atoms with Crippen LogP contribution >= 0.6 is 11.3 Å². The lowest BCUT2D eigenvalue weighted by atomic mass is 10.0. The maximum absolute atomic E-state index is 3.46. The fourth-order valence-electron chi connectivity index (χ4n) is 1.38. The van der Waals surface area contributed by atoms with Gasteiger partial charge in [-0.05, 0) is 24.3 Å². The Hall–Kier alpha value is -0.780. The highest BCUT2D eigenvalue weighted by molar-refractivity contribution is 7.10. The molecule has 1 aromatic rings. The Morgan fingerprint density at radius 1 is 1.50 bits per heavy atom. The zero-order valence-electron chi connectivity index (χ0n) is 9.00. The van der Waals surface area contributed by atoms with Gasteiger partial charge in [-0.2, -0.15) is 0 Å². The number of hydrogen-bond donors (Lipinski definition) is 1. The summed E-state index contributed by atoms with van der Waals surface area (Å²) in [4.78, 5) is 1.40. The van der Waals surface area contributed by atoms with E-state index in [2.05, 4.69) is 48.5 Å². The molecule has 1 heterocycles. The zero-order chi connectivity index (χ0) is 10.4. The van der Waals surface area contributed by atoms with Crippen LogP contribution in [0, 0.1) is 17.8 Å². The summed E-state index contributed by atoms with van der Waals surface area (Å²) in [5.41, 5.74) is 0. The lowest BCUT2D eigenvalue weighted by Gasteiger charge is -2.19. The Balaban J connectivity index is 2.59. The molecule has 1 unspecified atom stereocenters. The standard InChI is InChI=1S/C12H17NS/c1-4-5-8-13-12(10(2)3)11-7-6-9-14-11/h6-7,9-10,12-13H,8H2,1-3H3. The van der Waals surface area contributed by atoms with E-state index in [1.54, 1.807) is 11.3 Å². The van der Waals surface area contributed by atoms with Crippen molar-refractivity contribution in [2.24, 2.45) is 5.92 Å². The average Bonchev–Trinajstić information content (AvgIpc) is 2.64. The molecule has 1 aromatic heterocycles. The SMILES string of the molecule is CC#CCNC(c1cccs1)C(C)C. The molecule has 0 aliphatic rings. The smallest absolute Gasteiger partial charge is 0.0581 e. The van der Waals surface area contributed by atoms with E-state index in [4.69, 9.17) is 0 Å². The van der Waals surface area contributed by atoms with Crippen LogP contribution < -0.4 is 5.32 Å². The molecule has 0 amide bonds. The van der Waals surface area contributed by atoms with Crippen LogP contribution in [0.3, 0.4) is 0 Å². The quantitative estimate of drug-likeness (QED) is 0.748. The molecule has 1 nitrogen and oxygen atoms in total. The van der Waals surface area contributed by atoms with Gasteiger partial charge in [-0.15, -0.1) is 17.3 Å². The van der Waals surface area contributed by atoms with Crippen LogP contribution in [0.4, 0.5) is 0 Å². The van der Waals surface area contributed by atoms with Crippen molar-refractivity contribution in [3.8, 4) is 11.8 Å². The summed E-state index contributed by atoms with van der Waals surface area (Å²) in [5, 5.41) is 5.58. The van der Waals surface area contributed by atoms with Crippen LogP contribution in [0.2, 0.25) is 0 Å². The molecule has 0 fully saturated rings. The van der Waals surface area contributed by atoms with Gasteiger partial charge in [0, 0.05) is 10.9 Å². The van der Waals surface area contributed by atoms with E-state index in [1.165, 1.54) is 4.88 Å². The molecular weight excluding hydrogens is 190 g/mol. The topological polar surface area (TPSA) is 12.0 Å². The highest BCUT2D eigenvalue weighted by Crippen LogP contribution is 2.25. The van der Waals surface area contributed by atoms with Gasteiger partial charge in [0.15, 0.2) is 0 Å². The Morgan fingerprint density at radius 3 is 2.79 bits per heavy atom. The van der Waals surface area contributed by atoms with Gasteiger partial charge in [0.2, 0.25) is 0 Å². The summed E-state index contributed by atoms with van der Waals surface area (Å²) in [6, 6.07) is 4.72. The van der Waals surface area contributed by atoms with Crippen LogP contribution in [-0.2, 0) is 0 Å². The van der Waals surface area contributed by atoms with Crippen LogP contribution in [0.5, 0.6) is 0 Å². The molecule has 76 valence electrons. The van der Waals surface area contributed by atoms with Crippen molar-refractivity contribution < 1.29 is 0 Å². The molecule has 0 radical (unpaired) electrons. The van der Waals surface area contributed by atoms with Crippen molar-refractivity contribution in [2.45, 2.75) is 26.8 Å². The molecule has 14 heavy (non-hydrogen) atoms. The Kier molecular flexibility index (Phi) is 4.72. The minimum absolute atomic E-state index is 0.441. The minimum atomic E-state index is 0.441. The molecule has 0 aliphatic heterocycles.